The zero-order valence-electron chi connectivity index (χ0n) is 12.4. The second-order valence-corrected chi connectivity index (χ2v) is 6.37. The van der Waals surface area contributed by atoms with Gasteiger partial charge in [0.05, 0.1) is 6.04 Å². The number of H-pyrrole nitrogens is 1. The summed E-state index contributed by atoms with van der Waals surface area (Å²) in [5, 5.41) is 6.54. The van der Waals surface area contributed by atoms with Crippen LogP contribution in [0.5, 0.6) is 0 Å². The standard InChI is InChI=1S/C17H19N3OS/c1-11(17(18)21)19-10-14(16-7-4-8-22-16)13-9-20-15-6-3-2-5-12(13)15/h2-9,11,14,19-20H,10H2,1H3,(H2,18,21)/t11-,14-/m1/s1. The number of amides is 1. The molecule has 2 atom stereocenters. The van der Waals surface area contributed by atoms with Crippen LogP contribution < -0.4 is 11.1 Å². The second kappa shape index (κ2) is 6.34. The predicted octanol–water partition coefficient (Wildman–Crippen LogP) is 2.82. The van der Waals surface area contributed by atoms with Crippen molar-refractivity contribution in [3.05, 3.63) is 58.4 Å². The van der Waals surface area contributed by atoms with Crippen molar-refractivity contribution in [3.63, 3.8) is 0 Å². The summed E-state index contributed by atoms with van der Waals surface area (Å²) in [6.07, 6.45) is 2.06. The van der Waals surface area contributed by atoms with Gasteiger partial charge in [-0.15, -0.1) is 11.3 Å². The molecule has 3 aromatic rings. The SMILES string of the molecule is C[C@@H](NC[C@@H](c1cccs1)c1c[nH]c2ccccc12)C(N)=O. The molecule has 0 saturated heterocycles. The van der Waals surface area contributed by atoms with Crippen molar-refractivity contribution >= 4 is 28.1 Å². The minimum atomic E-state index is -0.340. The maximum atomic E-state index is 11.3. The fraction of sp³-hybridized carbons (Fsp3) is 0.235. The van der Waals surface area contributed by atoms with Crippen molar-refractivity contribution in [2.24, 2.45) is 5.73 Å². The molecule has 0 fully saturated rings. The van der Waals surface area contributed by atoms with Crippen molar-refractivity contribution < 1.29 is 4.79 Å². The smallest absolute Gasteiger partial charge is 0.234 e. The van der Waals surface area contributed by atoms with E-state index < -0.39 is 0 Å². The summed E-state index contributed by atoms with van der Waals surface area (Å²) < 4.78 is 0. The Labute approximate surface area is 133 Å². The minimum absolute atomic E-state index is 0.193. The number of primary amides is 1. The third-order valence-electron chi connectivity index (χ3n) is 3.94. The van der Waals surface area contributed by atoms with Crippen LogP contribution in [0, 0.1) is 0 Å². The monoisotopic (exact) mass is 313 g/mol. The number of nitrogens with two attached hydrogens (primary N) is 1. The topological polar surface area (TPSA) is 70.9 Å². The number of nitrogens with one attached hydrogen (secondary N) is 2. The third kappa shape index (κ3) is 2.91. The molecule has 3 rings (SSSR count). The number of hydrogen-bond donors (Lipinski definition) is 3. The maximum absolute atomic E-state index is 11.3. The number of aromatic nitrogens is 1. The first kappa shape index (κ1) is 14.8. The van der Waals surface area contributed by atoms with Crippen LogP contribution in [0.3, 0.4) is 0 Å². The van der Waals surface area contributed by atoms with Crippen molar-refractivity contribution in [2.45, 2.75) is 18.9 Å². The number of aromatic amines is 1. The van der Waals surface area contributed by atoms with Crippen LogP contribution in [0.4, 0.5) is 0 Å². The van der Waals surface area contributed by atoms with Gasteiger partial charge in [0.2, 0.25) is 5.91 Å². The van der Waals surface area contributed by atoms with Gasteiger partial charge in [0.25, 0.3) is 0 Å². The Morgan fingerprint density at radius 3 is 2.86 bits per heavy atom. The third-order valence-corrected chi connectivity index (χ3v) is 4.92. The number of hydrogen-bond acceptors (Lipinski definition) is 3. The van der Waals surface area contributed by atoms with Crippen molar-refractivity contribution in [3.8, 4) is 0 Å². The molecular weight excluding hydrogens is 294 g/mol. The number of benzene rings is 1. The highest BCUT2D eigenvalue weighted by molar-refractivity contribution is 7.10. The molecule has 2 aromatic heterocycles. The van der Waals surface area contributed by atoms with Crippen LogP contribution in [-0.4, -0.2) is 23.5 Å². The van der Waals surface area contributed by atoms with E-state index in [2.05, 4.69) is 46.1 Å². The zero-order chi connectivity index (χ0) is 15.5. The largest absolute Gasteiger partial charge is 0.368 e. The number of para-hydroxylation sites is 1. The van der Waals surface area contributed by atoms with Crippen molar-refractivity contribution in [1.82, 2.24) is 10.3 Å². The van der Waals surface area contributed by atoms with Gasteiger partial charge in [-0.2, -0.15) is 0 Å². The molecule has 0 aliphatic heterocycles. The lowest BCUT2D eigenvalue weighted by Crippen LogP contribution is -2.40. The van der Waals surface area contributed by atoms with Crippen molar-refractivity contribution in [1.29, 1.82) is 0 Å². The molecule has 114 valence electrons. The normalized spacial score (nSPS) is 14.0. The highest BCUT2D eigenvalue weighted by Gasteiger charge is 2.20. The Balaban J connectivity index is 1.93. The number of carbonyl (C=O) groups is 1. The molecule has 4 N–H and O–H groups in total. The first-order valence-electron chi connectivity index (χ1n) is 7.29. The molecule has 0 spiro atoms. The second-order valence-electron chi connectivity index (χ2n) is 5.39. The lowest BCUT2D eigenvalue weighted by molar-refractivity contribution is -0.119. The van der Waals surface area contributed by atoms with E-state index in [4.69, 9.17) is 5.73 Å². The number of carbonyl (C=O) groups excluding carboxylic acids is 1. The van der Waals surface area contributed by atoms with E-state index in [1.165, 1.54) is 15.8 Å². The van der Waals surface area contributed by atoms with E-state index in [-0.39, 0.29) is 17.9 Å². The first-order valence-corrected chi connectivity index (χ1v) is 8.17. The van der Waals surface area contributed by atoms with Gasteiger partial charge in [-0.3, -0.25) is 4.79 Å². The summed E-state index contributed by atoms with van der Waals surface area (Å²) in [5.41, 5.74) is 7.71. The van der Waals surface area contributed by atoms with E-state index in [9.17, 15) is 4.79 Å². The van der Waals surface area contributed by atoms with Gasteiger partial charge in [0, 0.05) is 34.4 Å². The Bertz CT molecular complexity index is 763. The Morgan fingerprint density at radius 1 is 1.32 bits per heavy atom. The van der Waals surface area contributed by atoms with Gasteiger partial charge in [-0.05, 0) is 30.0 Å². The van der Waals surface area contributed by atoms with Crippen LogP contribution >= 0.6 is 11.3 Å². The van der Waals surface area contributed by atoms with E-state index in [0.29, 0.717) is 6.54 Å². The van der Waals surface area contributed by atoms with Crippen LogP contribution in [0.2, 0.25) is 0 Å². The summed E-state index contributed by atoms with van der Waals surface area (Å²) in [7, 11) is 0. The van der Waals surface area contributed by atoms with Crippen LogP contribution in [0.25, 0.3) is 10.9 Å². The van der Waals surface area contributed by atoms with E-state index in [1.807, 2.05) is 12.1 Å². The molecule has 0 saturated carbocycles. The minimum Gasteiger partial charge on any atom is -0.368 e. The molecule has 0 aliphatic carbocycles. The summed E-state index contributed by atoms with van der Waals surface area (Å²) in [4.78, 5) is 15.9. The lowest BCUT2D eigenvalue weighted by atomic mass is 9.96. The summed E-state index contributed by atoms with van der Waals surface area (Å²) >= 11 is 1.73. The van der Waals surface area contributed by atoms with Crippen LogP contribution in [0.15, 0.2) is 48.0 Å². The van der Waals surface area contributed by atoms with E-state index >= 15 is 0 Å². The van der Waals surface area contributed by atoms with Gasteiger partial charge < -0.3 is 16.0 Å². The van der Waals surface area contributed by atoms with Gasteiger partial charge in [0.15, 0.2) is 0 Å². The number of fused-ring (bicyclic) bond motifs is 1. The molecule has 0 aliphatic rings. The zero-order valence-corrected chi connectivity index (χ0v) is 13.2. The fourth-order valence-corrected chi connectivity index (χ4v) is 3.48. The average Bonchev–Trinajstić information content (AvgIpc) is 3.17. The molecule has 0 unspecified atom stereocenters. The highest BCUT2D eigenvalue weighted by Crippen LogP contribution is 2.32. The Morgan fingerprint density at radius 2 is 2.14 bits per heavy atom. The van der Waals surface area contributed by atoms with Gasteiger partial charge in [0.1, 0.15) is 0 Å². The van der Waals surface area contributed by atoms with Gasteiger partial charge in [-0.25, -0.2) is 0 Å². The molecule has 5 heteroatoms. The maximum Gasteiger partial charge on any atom is 0.234 e. The quantitative estimate of drug-likeness (QED) is 0.655. The summed E-state index contributed by atoms with van der Waals surface area (Å²) in [6, 6.07) is 12.1. The molecule has 4 nitrogen and oxygen atoms in total. The molecule has 1 aromatic carbocycles. The molecular formula is C17H19N3OS. The van der Waals surface area contributed by atoms with Crippen LogP contribution in [-0.2, 0) is 4.79 Å². The Hall–Kier alpha value is -2.11. The highest BCUT2D eigenvalue weighted by atomic mass is 32.1. The van der Waals surface area contributed by atoms with Crippen LogP contribution in [0.1, 0.15) is 23.3 Å². The molecule has 1 amide bonds. The lowest BCUT2D eigenvalue weighted by Gasteiger charge is -2.18. The van der Waals surface area contributed by atoms with Gasteiger partial charge in [-0.1, -0.05) is 24.3 Å². The van der Waals surface area contributed by atoms with E-state index in [0.717, 1.165) is 5.52 Å². The van der Waals surface area contributed by atoms with Gasteiger partial charge >= 0.3 is 0 Å². The van der Waals surface area contributed by atoms with Crippen molar-refractivity contribution in [2.75, 3.05) is 6.54 Å². The molecule has 2 heterocycles. The fourth-order valence-electron chi connectivity index (χ4n) is 2.63. The Kier molecular flexibility index (Phi) is 4.27. The van der Waals surface area contributed by atoms with E-state index in [1.54, 1.807) is 18.3 Å². The summed E-state index contributed by atoms with van der Waals surface area (Å²) in [6.45, 7) is 2.47. The molecule has 0 bridgehead atoms. The molecule has 0 radical (unpaired) electrons. The number of thiophene rings is 1. The number of rotatable bonds is 6. The molecule has 22 heavy (non-hydrogen) atoms. The predicted molar refractivity (Wildman–Crippen MR) is 91.1 cm³/mol. The summed E-state index contributed by atoms with van der Waals surface area (Å²) in [5.74, 6) is -0.137. The first-order chi connectivity index (χ1) is 10.7. The average molecular weight is 313 g/mol.